The number of carbonyl (C=O) groups is 2. The monoisotopic (exact) mass is 263 g/mol. The number of esters is 1. The quantitative estimate of drug-likeness (QED) is 0.343. The largest absolute Gasteiger partial charge is 0.457 e. The highest BCUT2D eigenvalue weighted by atomic mass is 16.5. The Labute approximate surface area is 111 Å². The Balaban J connectivity index is 2.69. The smallest absolute Gasteiger partial charge is 0.334 e. The van der Waals surface area contributed by atoms with E-state index in [-0.39, 0.29) is 19.4 Å². The molecule has 102 valence electrons. The normalized spacial score (nSPS) is 17.9. The van der Waals surface area contributed by atoms with E-state index in [4.69, 9.17) is 9.94 Å². The van der Waals surface area contributed by atoms with Crippen molar-refractivity contribution in [2.24, 2.45) is 0 Å². The van der Waals surface area contributed by atoms with E-state index >= 15 is 0 Å². The lowest BCUT2D eigenvalue weighted by Gasteiger charge is -2.14. The Morgan fingerprint density at radius 3 is 2.95 bits per heavy atom. The van der Waals surface area contributed by atoms with Gasteiger partial charge in [-0.1, -0.05) is 30.4 Å². The lowest BCUT2D eigenvalue weighted by atomic mass is 10.0. The molecule has 0 bridgehead atoms. The molecule has 0 aromatic rings. The predicted molar refractivity (Wildman–Crippen MR) is 70.2 cm³/mol. The van der Waals surface area contributed by atoms with E-state index in [1.165, 1.54) is 5.48 Å². The molecule has 0 spiro atoms. The number of rotatable bonds is 5. The molecule has 0 saturated heterocycles. The Morgan fingerprint density at radius 2 is 2.26 bits per heavy atom. The lowest BCUT2D eigenvalue weighted by molar-refractivity contribution is -0.138. The van der Waals surface area contributed by atoms with Crippen molar-refractivity contribution in [2.45, 2.75) is 19.8 Å². The molecule has 1 rings (SSSR count). The minimum absolute atomic E-state index is 0.0408. The number of nitrogens with one attached hydrogen (secondary N) is 1. The maximum absolute atomic E-state index is 11.5. The van der Waals surface area contributed by atoms with E-state index in [1.54, 1.807) is 6.08 Å². The molecule has 0 unspecified atom stereocenters. The third-order valence-corrected chi connectivity index (χ3v) is 2.46. The summed E-state index contributed by atoms with van der Waals surface area (Å²) in [5, 5.41) is 8.39. The molecular weight excluding hydrogens is 246 g/mol. The molecule has 1 aliphatic rings. The second-order valence-corrected chi connectivity index (χ2v) is 3.93. The highest BCUT2D eigenvalue weighted by molar-refractivity contribution is 5.91. The number of allylic oxidation sites excluding steroid dienone is 5. The lowest BCUT2D eigenvalue weighted by Crippen LogP contribution is -2.21. The molecule has 5 nitrogen and oxygen atoms in total. The molecule has 2 N–H and O–H groups in total. The number of carbonyl (C=O) groups excluding carboxylic acids is 2. The first-order chi connectivity index (χ1) is 9.17. The van der Waals surface area contributed by atoms with Crippen LogP contribution in [0.2, 0.25) is 0 Å². The van der Waals surface area contributed by atoms with Gasteiger partial charge in [0.05, 0.1) is 0 Å². The first-order valence-electron chi connectivity index (χ1n) is 5.96. The Hall–Kier alpha value is -2.14. The Kier molecular flexibility index (Phi) is 6.32. The zero-order valence-electron chi connectivity index (χ0n) is 10.8. The van der Waals surface area contributed by atoms with Crippen molar-refractivity contribution in [2.75, 3.05) is 6.61 Å². The molecule has 0 fully saturated rings. The van der Waals surface area contributed by atoms with Gasteiger partial charge in [0.25, 0.3) is 0 Å². The summed E-state index contributed by atoms with van der Waals surface area (Å²) in [4.78, 5) is 22.4. The average Bonchev–Trinajstić information content (AvgIpc) is 2.43. The Morgan fingerprint density at radius 1 is 1.47 bits per heavy atom. The maximum Gasteiger partial charge on any atom is 0.334 e. The van der Waals surface area contributed by atoms with E-state index in [2.05, 4.69) is 0 Å². The molecular formula is C14H17NO4. The summed E-state index contributed by atoms with van der Waals surface area (Å²) in [5.41, 5.74) is 2.82. The first-order valence-corrected chi connectivity index (χ1v) is 5.96. The molecule has 1 aliphatic heterocycles. The minimum atomic E-state index is -0.530. The maximum atomic E-state index is 11.5. The van der Waals surface area contributed by atoms with Crippen LogP contribution in [-0.2, 0) is 14.3 Å². The van der Waals surface area contributed by atoms with E-state index in [0.29, 0.717) is 5.57 Å². The third kappa shape index (κ3) is 5.35. The van der Waals surface area contributed by atoms with Gasteiger partial charge < -0.3 is 4.74 Å². The van der Waals surface area contributed by atoms with Crippen LogP contribution in [0.1, 0.15) is 19.8 Å². The van der Waals surface area contributed by atoms with Crippen LogP contribution in [0.25, 0.3) is 0 Å². The summed E-state index contributed by atoms with van der Waals surface area (Å²) in [6.07, 6.45) is 11.4. The summed E-state index contributed by atoms with van der Waals surface area (Å²) in [7, 11) is 0. The number of cyclic esters (lactones) is 1. The topological polar surface area (TPSA) is 75.6 Å². The van der Waals surface area contributed by atoms with Crippen molar-refractivity contribution in [3.8, 4) is 0 Å². The standard InChI is InChI=1S/C14H17NO4/c1-2-3-4-5-6-11-9-12(14(17)19-10-11)7-8-13(16)15-18/h2-6,9,18H,7-8,10H2,1H3,(H,15,16)/b3-2+,5-4-,11-6-. The van der Waals surface area contributed by atoms with Crippen LogP contribution < -0.4 is 5.48 Å². The molecule has 0 atom stereocenters. The molecule has 0 aromatic carbocycles. The van der Waals surface area contributed by atoms with Gasteiger partial charge in [0.2, 0.25) is 5.91 Å². The zero-order chi connectivity index (χ0) is 14.1. The molecule has 0 aliphatic carbocycles. The molecule has 19 heavy (non-hydrogen) atoms. The van der Waals surface area contributed by atoms with Gasteiger partial charge in [0.15, 0.2) is 0 Å². The van der Waals surface area contributed by atoms with Gasteiger partial charge in [-0.25, -0.2) is 10.3 Å². The van der Waals surface area contributed by atoms with Gasteiger partial charge in [-0.3, -0.25) is 10.0 Å². The fourth-order valence-electron chi connectivity index (χ4n) is 1.49. The summed E-state index contributed by atoms with van der Waals surface area (Å²) < 4.78 is 5.00. The van der Waals surface area contributed by atoms with Crippen molar-refractivity contribution < 1.29 is 19.5 Å². The first kappa shape index (κ1) is 14.9. The molecule has 1 amide bonds. The number of hydrogen-bond donors (Lipinski definition) is 2. The second-order valence-electron chi connectivity index (χ2n) is 3.93. The SMILES string of the molecule is C/C=C/C=C\C=C1\C=C(CCC(=O)NO)C(=O)OC1. The highest BCUT2D eigenvalue weighted by Gasteiger charge is 2.18. The van der Waals surface area contributed by atoms with Crippen LogP contribution in [0, 0.1) is 0 Å². The van der Waals surface area contributed by atoms with E-state index in [1.807, 2.05) is 37.3 Å². The van der Waals surface area contributed by atoms with Gasteiger partial charge in [0, 0.05) is 12.0 Å². The van der Waals surface area contributed by atoms with Gasteiger partial charge in [-0.2, -0.15) is 0 Å². The molecule has 1 heterocycles. The summed E-state index contributed by atoms with van der Waals surface area (Å²) in [6, 6.07) is 0. The number of ether oxygens (including phenoxy) is 1. The van der Waals surface area contributed by atoms with Crippen molar-refractivity contribution in [1.29, 1.82) is 0 Å². The van der Waals surface area contributed by atoms with Crippen LogP contribution in [-0.4, -0.2) is 23.7 Å². The van der Waals surface area contributed by atoms with Crippen molar-refractivity contribution >= 4 is 11.9 Å². The van der Waals surface area contributed by atoms with Gasteiger partial charge in [-0.15, -0.1) is 0 Å². The highest BCUT2D eigenvalue weighted by Crippen LogP contribution is 2.17. The zero-order valence-corrected chi connectivity index (χ0v) is 10.8. The third-order valence-electron chi connectivity index (χ3n) is 2.46. The van der Waals surface area contributed by atoms with Crippen molar-refractivity contribution in [1.82, 2.24) is 5.48 Å². The van der Waals surface area contributed by atoms with E-state index < -0.39 is 11.9 Å². The predicted octanol–water partition coefficient (Wildman–Crippen LogP) is 1.81. The summed E-state index contributed by atoms with van der Waals surface area (Å²) in [5.74, 6) is -0.946. The average molecular weight is 263 g/mol. The minimum Gasteiger partial charge on any atom is -0.457 e. The van der Waals surface area contributed by atoms with Crippen LogP contribution >= 0.6 is 0 Å². The van der Waals surface area contributed by atoms with Gasteiger partial charge >= 0.3 is 5.97 Å². The van der Waals surface area contributed by atoms with Crippen molar-refractivity contribution in [3.63, 3.8) is 0 Å². The number of amides is 1. The van der Waals surface area contributed by atoms with Gasteiger partial charge in [0.1, 0.15) is 6.61 Å². The van der Waals surface area contributed by atoms with Crippen molar-refractivity contribution in [3.05, 3.63) is 47.6 Å². The summed E-state index contributed by atoms with van der Waals surface area (Å²) in [6.45, 7) is 2.15. The molecule has 0 aromatic heterocycles. The fraction of sp³-hybridized carbons (Fsp3) is 0.286. The number of hydrogen-bond acceptors (Lipinski definition) is 4. The summed E-state index contributed by atoms with van der Waals surface area (Å²) >= 11 is 0. The van der Waals surface area contributed by atoms with E-state index in [9.17, 15) is 9.59 Å². The van der Waals surface area contributed by atoms with Crippen LogP contribution in [0.3, 0.4) is 0 Å². The Bertz CT molecular complexity index is 458. The molecule has 5 heteroatoms. The molecule has 0 saturated carbocycles. The fourth-order valence-corrected chi connectivity index (χ4v) is 1.49. The number of hydroxylamine groups is 1. The van der Waals surface area contributed by atoms with Crippen LogP contribution in [0.15, 0.2) is 47.6 Å². The second kappa shape index (κ2) is 8.05. The van der Waals surface area contributed by atoms with E-state index in [0.717, 1.165) is 5.57 Å². The van der Waals surface area contributed by atoms with Gasteiger partial charge in [-0.05, 0) is 25.0 Å². The van der Waals surface area contributed by atoms with Crippen LogP contribution in [0.5, 0.6) is 0 Å². The molecule has 0 radical (unpaired) electrons. The van der Waals surface area contributed by atoms with Crippen LogP contribution in [0.4, 0.5) is 0 Å².